The normalized spacial score (nSPS) is 23.9. The highest BCUT2D eigenvalue weighted by Crippen LogP contribution is 2.38. The Hall–Kier alpha value is -2.89. The number of rotatable bonds is 5. The molecule has 1 fully saturated rings. The molecule has 1 aromatic carbocycles. The fraction of sp³-hybridized carbons (Fsp3) is 0.381. The monoisotopic (exact) mass is 366 g/mol. The van der Waals surface area contributed by atoms with Crippen LogP contribution in [0.15, 0.2) is 52.2 Å². The van der Waals surface area contributed by atoms with E-state index >= 15 is 0 Å². The van der Waals surface area contributed by atoms with Crippen molar-refractivity contribution in [2.45, 2.75) is 32.7 Å². The van der Waals surface area contributed by atoms with Gasteiger partial charge in [0, 0.05) is 6.42 Å². The van der Waals surface area contributed by atoms with Crippen LogP contribution in [0, 0.1) is 18.8 Å². The molecular formula is C21H22N2O4. The summed E-state index contributed by atoms with van der Waals surface area (Å²) in [7, 11) is 0. The van der Waals surface area contributed by atoms with E-state index in [-0.39, 0.29) is 30.4 Å². The summed E-state index contributed by atoms with van der Waals surface area (Å²) in [4.78, 5) is 24.6. The SMILES string of the molecule is Cc1ccc(C2=NN(C(=O)COC(=O)[C@@H]3C[C@H]3C)[C@@H](c3ccco3)C2)cc1. The van der Waals surface area contributed by atoms with E-state index in [1.165, 1.54) is 5.01 Å². The van der Waals surface area contributed by atoms with Crippen molar-refractivity contribution < 1.29 is 18.7 Å². The third-order valence-corrected chi connectivity index (χ3v) is 5.17. The standard InChI is InChI=1S/C21H22N2O4/c1-13-5-7-15(8-6-13)17-11-18(19-4-3-9-26-19)23(22-17)20(24)12-27-21(25)16-10-14(16)2/h3-9,14,16,18H,10-12H2,1-2H3/t14-,16-,18-/m1/s1. The third kappa shape index (κ3) is 3.65. The second-order valence-corrected chi connectivity index (χ2v) is 7.31. The van der Waals surface area contributed by atoms with Gasteiger partial charge in [-0.15, -0.1) is 0 Å². The molecule has 0 saturated heterocycles. The van der Waals surface area contributed by atoms with Gasteiger partial charge >= 0.3 is 5.97 Å². The lowest BCUT2D eigenvalue weighted by Crippen LogP contribution is -2.31. The fourth-order valence-corrected chi connectivity index (χ4v) is 3.32. The number of nitrogens with zero attached hydrogens (tertiary/aromatic N) is 2. The van der Waals surface area contributed by atoms with Crippen LogP contribution in [0.5, 0.6) is 0 Å². The molecule has 1 aliphatic heterocycles. The van der Waals surface area contributed by atoms with Gasteiger partial charge in [0.1, 0.15) is 11.8 Å². The van der Waals surface area contributed by atoms with Gasteiger partial charge in [0.25, 0.3) is 5.91 Å². The summed E-state index contributed by atoms with van der Waals surface area (Å²) in [6.07, 6.45) is 2.97. The van der Waals surface area contributed by atoms with Gasteiger partial charge in [0.2, 0.25) is 0 Å². The molecule has 1 amide bonds. The number of ether oxygens (including phenoxy) is 1. The van der Waals surface area contributed by atoms with Gasteiger partial charge in [-0.1, -0.05) is 36.8 Å². The van der Waals surface area contributed by atoms with E-state index in [1.807, 2.05) is 44.2 Å². The summed E-state index contributed by atoms with van der Waals surface area (Å²) in [5, 5.41) is 5.91. The second-order valence-electron chi connectivity index (χ2n) is 7.31. The minimum atomic E-state index is -0.347. The molecule has 1 aliphatic carbocycles. The van der Waals surface area contributed by atoms with E-state index in [9.17, 15) is 9.59 Å². The Balaban J connectivity index is 1.51. The molecule has 2 aliphatic rings. The highest BCUT2D eigenvalue weighted by atomic mass is 16.5. The number of benzene rings is 1. The number of hydrazone groups is 1. The van der Waals surface area contributed by atoms with Crippen molar-refractivity contribution in [1.82, 2.24) is 5.01 Å². The molecule has 0 bridgehead atoms. The van der Waals surface area contributed by atoms with Gasteiger partial charge < -0.3 is 9.15 Å². The fourth-order valence-electron chi connectivity index (χ4n) is 3.32. The molecule has 140 valence electrons. The highest BCUT2D eigenvalue weighted by molar-refractivity contribution is 6.03. The van der Waals surface area contributed by atoms with Gasteiger partial charge in [-0.25, -0.2) is 5.01 Å². The minimum Gasteiger partial charge on any atom is -0.467 e. The molecule has 0 N–H and O–H groups in total. The molecule has 1 saturated carbocycles. The number of carbonyl (C=O) groups is 2. The van der Waals surface area contributed by atoms with Crippen molar-refractivity contribution in [2.75, 3.05) is 6.61 Å². The van der Waals surface area contributed by atoms with Crippen LogP contribution in [0.25, 0.3) is 0 Å². The molecule has 6 nitrogen and oxygen atoms in total. The summed E-state index contributed by atoms with van der Waals surface area (Å²) in [6.45, 7) is 3.72. The van der Waals surface area contributed by atoms with E-state index < -0.39 is 0 Å². The van der Waals surface area contributed by atoms with Crippen molar-refractivity contribution in [1.29, 1.82) is 0 Å². The van der Waals surface area contributed by atoms with E-state index in [4.69, 9.17) is 9.15 Å². The molecule has 1 aromatic heterocycles. The summed E-state index contributed by atoms with van der Waals surface area (Å²) in [5.74, 6) is 0.300. The Bertz CT molecular complexity index is 870. The van der Waals surface area contributed by atoms with Crippen molar-refractivity contribution in [2.24, 2.45) is 16.9 Å². The van der Waals surface area contributed by atoms with Crippen LogP contribution in [0.3, 0.4) is 0 Å². The molecule has 2 aromatic rings. The van der Waals surface area contributed by atoms with Crippen molar-refractivity contribution in [3.05, 3.63) is 59.5 Å². The van der Waals surface area contributed by atoms with Crippen LogP contribution in [-0.4, -0.2) is 29.2 Å². The lowest BCUT2D eigenvalue weighted by molar-refractivity contribution is -0.154. The van der Waals surface area contributed by atoms with Crippen LogP contribution in [-0.2, 0) is 14.3 Å². The van der Waals surface area contributed by atoms with E-state index in [0.717, 1.165) is 23.3 Å². The van der Waals surface area contributed by atoms with Crippen LogP contribution in [0.4, 0.5) is 0 Å². The van der Waals surface area contributed by atoms with Gasteiger partial charge in [-0.05, 0) is 37.0 Å². The summed E-state index contributed by atoms with van der Waals surface area (Å²) >= 11 is 0. The summed E-state index contributed by atoms with van der Waals surface area (Å²) in [5.41, 5.74) is 2.94. The van der Waals surface area contributed by atoms with E-state index in [0.29, 0.717) is 18.1 Å². The number of aryl methyl sites for hydroxylation is 1. The number of esters is 1. The average Bonchev–Trinajstić information content (AvgIpc) is 3.08. The first-order valence-corrected chi connectivity index (χ1v) is 9.19. The molecule has 6 heteroatoms. The predicted octanol–water partition coefficient (Wildman–Crippen LogP) is 3.46. The first-order valence-electron chi connectivity index (χ1n) is 9.19. The number of hydrogen-bond acceptors (Lipinski definition) is 5. The molecular weight excluding hydrogens is 344 g/mol. The number of furan rings is 1. The maximum atomic E-state index is 12.7. The molecule has 4 rings (SSSR count). The third-order valence-electron chi connectivity index (χ3n) is 5.17. The highest BCUT2D eigenvalue weighted by Gasteiger charge is 2.41. The maximum absolute atomic E-state index is 12.7. The largest absolute Gasteiger partial charge is 0.467 e. The molecule has 0 unspecified atom stereocenters. The Labute approximate surface area is 157 Å². The van der Waals surface area contributed by atoms with Crippen LogP contribution >= 0.6 is 0 Å². The number of carbonyl (C=O) groups excluding carboxylic acids is 2. The zero-order chi connectivity index (χ0) is 19.0. The Morgan fingerprint density at radius 2 is 2.00 bits per heavy atom. The van der Waals surface area contributed by atoms with Crippen molar-refractivity contribution >= 4 is 17.6 Å². The zero-order valence-electron chi connectivity index (χ0n) is 15.4. The predicted molar refractivity (Wildman–Crippen MR) is 98.9 cm³/mol. The van der Waals surface area contributed by atoms with E-state index in [1.54, 1.807) is 12.3 Å². The first kappa shape index (κ1) is 17.5. The van der Waals surface area contributed by atoms with Gasteiger partial charge in [-0.2, -0.15) is 5.10 Å². The lowest BCUT2D eigenvalue weighted by Gasteiger charge is -2.19. The zero-order valence-corrected chi connectivity index (χ0v) is 15.4. The van der Waals surface area contributed by atoms with Gasteiger partial charge in [-0.3, -0.25) is 9.59 Å². The maximum Gasteiger partial charge on any atom is 0.309 e. The number of hydrogen-bond donors (Lipinski definition) is 0. The first-order chi connectivity index (χ1) is 13.0. The number of amides is 1. The van der Waals surface area contributed by atoms with Crippen LogP contribution < -0.4 is 0 Å². The minimum absolute atomic E-state index is 0.0659. The van der Waals surface area contributed by atoms with E-state index in [2.05, 4.69) is 5.10 Å². The topological polar surface area (TPSA) is 72.1 Å². The van der Waals surface area contributed by atoms with Crippen molar-refractivity contribution in [3.63, 3.8) is 0 Å². The summed E-state index contributed by atoms with van der Waals surface area (Å²) < 4.78 is 10.7. The molecule has 0 radical (unpaired) electrons. The van der Waals surface area contributed by atoms with Crippen molar-refractivity contribution in [3.8, 4) is 0 Å². The second kappa shape index (κ2) is 7.02. The average molecular weight is 366 g/mol. The van der Waals surface area contributed by atoms with Crippen LogP contribution in [0.1, 0.15) is 42.7 Å². The molecule has 27 heavy (non-hydrogen) atoms. The Kier molecular flexibility index (Phi) is 4.56. The lowest BCUT2D eigenvalue weighted by atomic mass is 10.0. The molecule has 0 spiro atoms. The molecule has 3 atom stereocenters. The van der Waals surface area contributed by atoms with Gasteiger partial charge in [0.05, 0.1) is 17.9 Å². The quantitative estimate of drug-likeness (QED) is 0.760. The molecule has 2 heterocycles. The Morgan fingerprint density at radius 1 is 1.26 bits per heavy atom. The summed E-state index contributed by atoms with van der Waals surface area (Å²) in [6, 6.07) is 11.3. The van der Waals surface area contributed by atoms with Gasteiger partial charge in [0.15, 0.2) is 6.61 Å². The smallest absolute Gasteiger partial charge is 0.309 e. The Morgan fingerprint density at radius 3 is 2.63 bits per heavy atom. The van der Waals surface area contributed by atoms with Crippen LogP contribution in [0.2, 0.25) is 0 Å².